The fourth-order valence-electron chi connectivity index (χ4n) is 3.10. The highest BCUT2D eigenvalue weighted by Crippen LogP contribution is 2.36. The molecule has 0 atom stereocenters. The number of aromatic hydroxyl groups is 6. The van der Waals surface area contributed by atoms with Gasteiger partial charge >= 0.3 is 0 Å². The van der Waals surface area contributed by atoms with Gasteiger partial charge in [-0.2, -0.15) is 0 Å². The molecule has 0 aromatic heterocycles. The normalized spacial score (nSPS) is 10.9. The number of aryl methyl sites for hydroxylation is 4. The zero-order valence-electron chi connectivity index (χ0n) is 15.1. The lowest BCUT2D eigenvalue weighted by Crippen LogP contribution is -1.97. The summed E-state index contributed by atoms with van der Waals surface area (Å²) in [5.41, 5.74) is 2.94. The van der Waals surface area contributed by atoms with Gasteiger partial charge in [0.2, 0.25) is 0 Å². The second-order valence-electron chi connectivity index (χ2n) is 6.76. The first-order chi connectivity index (χ1) is 13.3. The zero-order valence-corrected chi connectivity index (χ0v) is 15.1. The second-order valence-corrected chi connectivity index (χ2v) is 6.76. The van der Waals surface area contributed by atoms with E-state index in [9.17, 15) is 30.6 Å². The fourth-order valence-corrected chi connectivity index (χ4v) is 3.10. The van der Waals surface area contributed by atoms with Gasteiger partial charge in [0, 0.05) is 6.07 Å². The molecule has 0 spiro atoms. The average molecular weight is 382 g/mol. The lowest BCUT2D eigenvalue weighted by atomic mass is 9.97. The molecule has 0 fully saturated rings. The molecular weight excluding hydrogens is 360 g/mol. The number of phenols is 6. The van der Waals surface area contributed by atoms with Crippen molar-refractivity contribution in [2.45, 2.75) is 25.7 Å². The van der Waals surface area contributed by atoms with Crippen LogP contribution in [0.15, 0.2) is 48.5 Å². The van der Waals surface area contributed by atoms with Gasteiger partial charge in [-0.3, -0.25) is 0 Å². The van der Waals surface area contributed by atoms with E-state index in [1.54, 1.807) is 18.2 Å². The summed E-state index contributed by atoms with van der Waals surface area (Å²) < 4.78 is 0. The number of hydrogen-bond donors (Lipinski definition) is 6. The predicted octanol–water partition coefficient (Wildman–Crippen LogP) is 3.49. The van der Waals surface area contributed by atoms with E-state index in [0.717, 1.165) is 5.56 Å². The first-order valence-electron chi connectivity index (χ1n) is 8.89. The summed E-state index contributed by atoms with van der Waals surface area (Å²) in [6.45, 7) is 0. The molecule has 0 heterocycles. The molecule has 0 saturated heterocycles. The maximum Gasteiger partial charge on any atom is 0.200 e. The van der Waals surface area contributed by atoms with Crippen LogP contribution in [0.5, 0.6) is 34.5 Å². The number of hydrogen-bond acceptors (Lipinski definition) is 6. The van der Waals surface area contributed by atoms with E-state index >= 15 is 0 Å². The first kappa shape index (κ1) is 19.2. The molecule has 146 valence electrons. The molecule has 0 aliphatic heterocycles. The van der Waals surface area contributed by atoms with Crippen molar-refractivity contribution in [2.75, 3.05) is 0 Å². The van der Waals surface area contributed by atoms with Gasteiger partial charge in [0.15, 0.2) is 17.2 Å². The van der Waals surface area contributed by atoms with Crippen LogP contribution in [-0.2, 0) is 25.7 Å². The molecule has 3 aromatic carbocycles. The van der Waals surface area contributed by atoms with Gasteiger partial charge in [-0.05, 0) is 78.3 Å². The number of phenolic OH excluding ortho intramolecular Hbond substituents is 6. The summed E-state index contributed by atoms with van der Waals surface area (Å²) in [4.78, 5) is 0. The van der Waals surface area contributed by atoms with Crippen LogP contribution in [0, 0.1) is 0 Å². The lowest BCUT2D eigenvalue weighted by molar-refractivity contribution is 0.367. The van der Waals surface area contributed by atoms with Crippen LogP contribution in [0.1, 0.15) is 22.3 Å². The molecule has 6 heteroatoms. The van der Waals surface area contributed by atoms with E-state index in [2.05, 4.69) is 0 Å². The van der Waals surface area contributed by atoms with Gasteiger partial charge in [-0.15, -0.1) is 0 Å². The minimum Gasteiger partial charge on any atom is -0.508 e. The summed E-state index contributed by atoms with van der Waals surface area (Å²) in [7, 11) is 0. The largest absolute Gasteiger partial charge is 0.508 e. The summed E-state index contributed by atoms with van der Waals surface area (Å²) in [5, 5.41) is 58.2. The van der Waals surface area contributed by atoms with Crippen LogP contribution >= 0.6 is 0 Å². The molecule has 28 heavy (non-hydrogen) atoms. The van der Waals surface area contributed by atoms with Crippen LogP contribution < -0.4 is 0 Å². The molecule has 0 radical (unpaired) electrons. The van der Waals surface area contributed by atoms with Crippen molar-refractivity contribution in [2.24, 2.45) is 0 Å². The van der Waals surface area contributed by atoms with E-state index in [1.807, 2.05) is 12.1 Å². The topological polar surface area (TPSA) is 121 Å². The van der Waals surface area contributed by atoms with Crippen LogP contribution in [-0.4, -0.2) is 30.6 Å². The molecule has 3 rings (SSSR count). The molecular formula is C22H22O6. The van der Waals surface area contributed by atoms with Gasteiger partial charge < -0.3 is 30.6 Å². The monoisotopic (exact) mass is 382 g/mol. The Morgan fingerprint density at radius 1 is 0.464 bits per heavy atom. The van der Waals surface area contributed by atoms with Crippen molar-refractivity contribution in [1.82, 2.24) is 0 Å². The third kappa shape index (κ3) is 4.40. The van der Waals surface area contributed by atoms with Gasteiger partial charge in [0.05, 0.1) is 0 Å². The van der Waals surface area contributed by atoms with Crippen molar-refractivity contribution in [1.29, 1.82) is 0 Å². The van der Waals surface area contributed by atoms with Crippen LogP contribution in [0.4, 0.5) is 0 Å². The van der Waals surface area contributed by atoms with Crippen LogP contribution in [0.3, 0.4) is 0 Å². The SMILES string of the molecule is Oc1ccc(CCc2cc(CCc3cc(O)c(O)c(O)c3)c(O)cc2O)cc1. The van der Waals surface area contributed by atoms with Crippen LogP contribution in [0.25, 0.3) is 0 Å². The molecule has 0 saturated carbocycles. The summed E-state index contributed by atoms with van der Waals surface area (Å²) in [6, 6.07) is 12.6. The lowest BCUT2D eigenvalue weighted by Gasteiger charge is -2.11. The standard InChI is InChI=1S/C22H22O6/c23-17-7-3-13(4-8-17)1-5-15-11-16(19(25)12-18(15)24)6-2-14-9-20(26)22(28)21(27)10-14/h3-4,7-12,23-28H,1-2,5-6H2. The Kier molecular flexibility index (Phi) is 5.49. The average Bonchev–Trinajstić information content (AvgIpc) is 2.65. The molecule has 6 N–H and O–H groups in total. The molecule has 6 nitrogen and oxygen atoms in total. The van der Waals surface area contributed by atoms with Gasteiger partial charge in [0.1, 0.15) is 17.2 Å². The van der Waals surface area contributed by atoms with E-state index < -0.39 is 17.2 Å². The second kappa shape index (κ2) is 8.00. The highest BCUT2D eigenvalue weighted by molar-refractivity contribution is 5.51. The fraction of sp³-hybridized carbons (Fsp3) is 0.182. The van der Waals surface area contributed by atoms with Gasteiger partial charge in [-0.25, -0.2) is 0 Å². The number of rotatable bonds is 6. The Morgan fingerprint density at radius 3 is 1.50 bits per heavy atom. The highest BCUT2D eigenvalue weighted by Gasteiger charge is 2.12. The van der Waals surface area contributed by atoms with Crippen molar-refractivity contribution in [3.63, 3.8) is 0 Å². The smallest absolute Gasteiger partial charge is 0.200 e. The maximum absolute atomic E-state index is 10.1. The molecule has 0 aliphatic carbocycles. The van der Waals surface area contributed by atoms with Crippen LogP contribution in [0.2, 0.25) is 0 Å². The Hall–Kier alpha value is -3.54. The van der Waals surface area contributed by atoms with E-state index in [4.69, 9.17) is 0 Å². The molecule has 0 bridgehead atoms. The predicted molar refractivity (Wildman–Crippen MR) is 104 cm³/mol. The van der Waals surface area contributed by atoms with Gasteiger partial charge in [0.25, 0.3) is 0 Å². The van der Waals surface area contributed by atoms with Crippen molar-refractivity contribution < 1.29 is 30.6 Å². The Labute approximate surface area is 162 Å². The number of benzene rings is 3. The Bertz CT molecular complexity index is 956. The molecule has 0 aliphatic rings. The first-order valence-corrected chi connectivity index (χ1v) is 8.89. The Balaban J connectivity index is 1.73. The summed E-state index contributed by atoms with van der Waals surface area (Å²) in [5.74, 6) is -1.19. The minimum absolute atomic E-state index is 0.0138. The third-order valence-corrected chi connectivity index (χ3v) is 4.71. The maximum atomic E-state index is 10.1. The molecule has 0 amide bonds. The quantitative estimate of drug-likeness (QED) is 0.363. The summed E-state index contributed by atoms with van der Waals surface area (Å²) >= 11 is 0. The highest BCUT2D eigenvalue weighted by atomic mass is 16.3. The van der Waals surface area contributed by atoms with Gasteiger partial charge in [-0.1, -0.05) is 12.1 Å². The van der Waals surface area contributed by atoms with Crippen molar-refractivity contribution in [3.05, 3.63) is 70.8 Å². The van der Waals surface area contributed by atoms with E-state index in [1.165, 1.54) is 18.2 Å². The van der Waals surface area contributed by atoms with Crippen molar-refractivity contribution >= 4 is 0 Å². The molecule has 3 aromatic rings. The third-order valence-electron chi connectivity index (χ3n) is 4.71. The molecule has 0 unspecified atom stereocenters. The minimum atomic E-state index is -0.562. The summed E-state index contributed by atoms with van der Waals surface area (Å²) in [6.07, 6.45) is 2.06. The van der Waals surface area contributed by atoms with E-state index in [-0.39, 0.29) is 17.2 Å². The van der Waals surface area contributed by atoms with E-state index in [0.29, 0.717) is 42.4 Å². The Morgan fingerprint density at radius 2 is 0.964 bits per heavy atom. The van der Waals surface area contributed by atoms with Crippen molar-refractivity contribution in [3.8, 4) is 34.5 Å². The zero-order chi connectivity index (χ0) is 20.3.